The molecule has 4 aromatic rings. The number of H-pyrrole nitrogens is 2. The van der Waals surface area contributed by atoms with E-state index in [0.29, 0.717) is 0 Å². The molecule has 284 valence electrons. The Balaban J connectivity index is 0.000000354. The molecule has 0 unspecified atom stereocenters. The van der Waals surface area contributed by atoms with Gasteiger partial charge in [-0.1, -0.05) is 54.4 Å². The van der Waals surface area contributed by atoms with Gasteiger partial charge in [-0.05, 0) is 25.7 Å². The number of carbonyl (C=O) groups is 4. The predicted octanol–water partition coefficient (Wildman–Crippen LogP) is 7.31. The second kappa shape index (κ2) is 26.6. The van der Waals surface area contributed by atoms with Gasteiger partial charge < -0.3 is 35.1 Å². The van der Waals surface area contributed by atoms with Crippen LogP contribution in [0, 0.1) is 0 Å². The first-order valence-corrected chi connectivity index (χ1v) is 19.5. The smallest absolute Gasteiger partial charge is 0.407 e. The number of rotatable bonds is 6. The van der Waals surface area contributed by atoms with Crippen LogP contribution in [0.4, 0.5) is 4.79 Å². The van der Waals surface area contributed by atoms with E-state index >= 15 is 0 Å². The Labute approximate surface area is 311 Å². The summed E-state index contributed by atoms with van der Waals surface area (Å²) < 4.78 is 6.94. The Kier molecular flexibility index (Phi) is 23.3. The molecule has 0 bridgehead atoms. The van der Waals surface area contributed by atoms with Gasteiger partial charge in [-0.2, -0.15) is 0 Å². The van der Waals surface area contributed by atoms with Gasteiger partial charge in [0.05, 0.1) is 59.5 Å². The van der Waals surface area contributed by atoms with Crippen molar-refractivity contribution in [2.45, 2.75) is 87.0 Å². The van der Waals surface area contributed by atoms with Gasteiger partial charge >= 0.3 is 6.09 Å². The van der Waals surface area contributed by atoms with E-state index < -0.39 is 6.09 Å². The Morgan fingerprint density at radius 3 is 1.41 bits per heavy atom. The first kappa shape index (κ1) is 44.8. The number of fused-ring (bicyclic) bond motifs is 1. The zero-order valence-electron chi connectivity index (χ0n) is 31.6. The van der Waals surface area contributed by atoms with Crippen LogP contribution in [0.15, 0.2) is 35.8 Å². The highest BCUT2D eigenvalue weighted by molar-refractivity contribution is 7.27. The number of hydrogen-bond donors (Lipinski definition) is 4. The minimum atomic E-state index is -0.562. The Hall–Kier alpha value is -4.24. The molecule has 4 amide bonds. The highest BCUT2D eigenvalue weighted by atomic mass is 32.1. The van der Waals surface area contributed by atoms with Crippen LogP contribution in [-0.4, -0.2) is 99.9 Å². The van der Waals surface area contributed by atoms with Crippen molar-refractivity contribution in [1.82, 2.24) is 40.4 Å². The minimum absolute atomic E-state index is 0.0303. The van der Waals surface area contributed by atoms with Crippen LogP contribution in [0.25, 0.3) is 31.9 Å². The molecular weight excluding hydrogens is 689 g/mol. The maximum atomic E-state index is 11.3. The third-order valence-electron chi connectivity index (χ3n) is 6.84. The lowest BCUT2D eigenvalue weighted by Crippen LogP contribution is -2.38. The number of ether oxygens (including phenoxy) is 1. The quantitative estimate of drug-likeness (QED) is 0.161. The number of thiophene rings is 2. The third-order valence-corrected chi connectivity index (χ3v) is 8.99. The first-order valence-electron chi connectivity index (χ1n) is 17.8. The lowest BCUT2D eigenvalue weighted by molar-refractivity contribution is -0.131. The predicted molar refractivity (Wildman–Crippen MR) is 209 cm³/mol. The highest BCUT2D eigenvalue weighted by Crippen LogP contribution is 2.42. The van der Waals surface area contributed by atoms with E-state index in [-0.39, 0.29) is 30.8 Å². The number of aromatic nitrogens is 4. The van der Waals surface area contributed by atoms with Crippen LogP contribution in [-0.2, 0) is 19.1 Å². The Morgan fingerprint density at radius 1 is 0.725 bits per heavy atom. The monoisotopic (exact) mass is 746 g/mol. The lowest BCUT2D eigenvalue weighted by Gasteiger charge is -2.14. The molecule has 0 aliphatic carbocycles. The van der Waals surface area contributed by atoms with Gasteiger partial charge in [-0.15, -0.1) is 22.7 Å². The fraction of sp³-hybridized carbons (Fsp3) is 0.556. The van der Waals surface area contributed by atoms with Gasteiger partial charge in [-0.25, -0.2) is 14.8 Å². The molecule has 6 heterocycles. The Morgan fingerprint density at radius 2 is 1.10 bits per heavy atom. The molecule has 2 aliphatic heterocycles. The molecule has 51 heavy (non-hydrogen) atoms. The number of likely N-dealkylation sites (tertiary alicyclic amines) is 2. The van der Waals surface area contributed by atoms with E-state index in [4.69, 9.17) is 0 Å². The van der Waals surface area contributed by atoms with Crippen LogP contribution in [0.2, 0.25) is 0 Å². The zero-order valence-corrected chi connectivity index (χ0v) is 33.2. The average Bonchev–Trinajstić information content (AvgIpc) is 3.97. The topological polar surface area (TPSA) is 165 Å². The summed E-state index contributed by atoms with van der Waals surface area (Å²) in [5.41, 5.74) is 4.59. The van der Waals surface area contributed by atoms with Crippen molar-refractivity contribution in [3.05, 3.63) is 35.8 Å². The summed E-state index contributed by atoms with van der Waals surface area (Å²) in [6.45, 7) is 17.4. The van der Waals surface area contributed by atoms with Crippen LogP contribution < -0.4 is 10.6 Å². The van der Waals surface area contributed by atoms with E-state index in [9.17, 15) is 19.2 Å². The van der Waals surface area contributed by atoms with E-state index in [1.54, 1.807) is 45.1 Å². The number of nitrogens with one attached hydrogen (secondary N) is 4. The molecule has 2 aliphatic rings. The molecule has 0 radical (unpaired) electrons. The number of methoxy groups -OCH3 is 1. The molecule has 13 nitrogen and oxygen atoms in total. The van der Waals surface area contributed by atoms with Crippen molar-refractivity contribution in [3.8, 4) is 22.5 Å². The van der Waals surface area contributed by atoms with E-state index in [2.05, 4.69) is 73.8 Å². The van der Waals surface area contributed by atoms with Crippen molar-refractivity contribution in [2.75, 3.05) is 46.4 Å². The maximum absolute atomic E-state index is 11.3. The molecule has 6 rings (SSSR count). The molecule has 2 fully saturated rings. The molecule has 4 aromatic heterocycles. The van der Waals surface area contributed by atoms with Gasteiger partial charge in [0.2, 0.25) is 17.7 Å². The molecule has 0 aromatic carbocycles. The zero-order chi connectivity index (χ0) is 38.0. The fourth-order valence-electron chi connectivity index (χ4n) is 4.58. The van der Waals surface area contributed by atoms with E-state index in [1.807, 2.05) is 26.2 Å². The van der Waals surface area contributed by atoms with Crippen molar-refractivity contribution >= 4 is 55.9 Å². The molecular formula is C36H58N8O5S2. The molecule has 15 heteroatoms. The Bertz CT molecular complexity index is 1440. The fourth-order valence-corrected chi connectivity index (χ4v) is 7.00. The van der Waals surface area contributed by atoms with Crippen LogP contribution in [0.3, 0.4) is 0 Å². The van der Waals surface area contributed by atoms with Gasteiger partial charge in [0.1, 0.15) is 6.54 Å². The van der Waals surface area contributed by atoms with Crippen molar-refractivity contribution in [2.24, 2.45) is 0 Å². The van der Waals surface area contributed by atoms with E-state index in [1.165, 1.54) is 47.4 Å². The molecule has 4 N–H and O–H groups in total. The van der Waals surface area contributed by atoms with Crippen LogP contribution in [0.5, 0.6) is 0 Å². The second-order valence-electron chi connectivity index (χ2n) is 11.2. The number of aromatic amines is 2. The average molecular weight is 747 g/mol. The van der Waals surface area contributed by atoms with Gasteiger partial charge in [0, 0.05) is 55.0 Å². The number of nitrogens with zero attached hydrogens (tertiary/aromatic N) is 4. The summed E-state index contributed by atoms with van der Waals surface area (Å²) in [4.78, 5) is 61.7. The second-order valence-corrected chi connectivity index (χ2v) is 13.0. The highest BCUT2D eigenvalue weighted by Gasteiger charge is 2.19. The third kappa shape index (κ3) is 16.1. The van der Waals surface area contributed by atoms with Crippen molar-refractivity contribution < 1.29 is 23.9 Å². The lowest BCUT2D eigenvalue weighted by atomic mass is 10.2. The van der Waals surface area contributed by atoms with Gasteiger partial charge in [0.25, 0.3) is 0 Å². The summed E-state index contributed by atoms with van der Waals surface area (Å²) in [5, 5.41) is 9.20. The summed E-state index contributed by atoms with van der Waals surface area (Å²) in [7, 11) is 1.27. The van der Waals surface area contributed by atoms with E-state index in [0.717, 1.165) is 63.3 Å². The molecule has 0 atom stereocenters. The number of imidazole rings is 2. The summed E-state index contributed by atoms with van der Waals surface area (Å²) in [6.07, 6.45) is 13.4. The first-order chi connectivity index (χ1) is 24.7. The van der Waals surface area contributed by atoms with Gasteiger partial charge in [0.15, 0.2) is 0 Å². The number of hydrogen-bond acceptors (Lipinski definition) is 9. The largest absolute Gasteiger partial charge is 0.453 e. The summed E-state index contributed by atoms with van der Waals surface area (Å²) in [5.74, 6) is -0.159. The van der Waals surface area contributed by atoms with Gasteiger partial charge in [-0.3, -0.25) is 14.4 Å². The summed E-state index contributed by atoms with van der Waals surface area (Å²) >= 11 is 3.52. The normalized spacial score (nSPS) is 12.6. The maximum Gasteiger partial charge on any atom is 0.407 e. The SMILES string of the molecule is CC.CC(=O)NCC(=O)N1CCCC1.CCC.CCC.COC(=O)NCC(=O)N1CCCC1.c1ncc(-c2csc3c(-c4cnc[nH]4)csc23)[nH]1. The number of amides is 4. The molecule has 2 saturated heterocycles. The molecule has 0 saturated carbocycles. The number of carbonyl (C=O) groups excluding carboxylic acids is 4. The van der Waals surface area contributed by atoms with Crippen LogP contribution >= 0.6 is 22.7 Å². The van der Waals surface area contributed by atoms with Crippen molar-refractivity contribution in [1.29, 1.82) is 0 Å². The number of alkyl carbamates (subject to hydrolysis) is 1. The van der Waals surface area contributed by atoms with Crippen molar-refractivity contribution in [3.63, 3.8) is 0 Å². The summed E-state index contributed by atoms with van der Waals surface area (Å²) in [6, 6.07) is 0. The molecule has 0 spiro atoms. The minimum Gasteiger partial charge on any atom is -0.453 e. The standard InChI is InChI=1S/C12H8N4S2.C8H14N2O3.C8H14N2O2.2C3H8.C2H6/c1-9(15-5-13-1)7-3-17-12-8(4-18-11(7)12)10-2-14-6-16-10;1-13-8(12)9-6-7(11)10-4-2-3-5-10;1-7(11)9-6-8(12)10-4-2-3-5-10;2*1-3-2;1-2/h1-6H,(H,13,15)(H,14,16);2-6H2,1H3,(H,9,12);2-6H2,1H3,(H,9,11);2*3H2,1-2H3;1-2H3. The van der Waals surface area contributed by atoms with Crippen LogP contribution in [0.1, 0.15) is 87.0 Å².